The topological polar surface area (TPSA) is 58.6 Å². The molecular formula is C14H20N2O3. The second-order valence-electron chi connectivity index (χ2n) is 4.12. The SMILES string of the molecule is CCN(CC)C(=O)Nc1cc(C(=O)OC)ccc1C. The van der Waals surface area contributed by atoms with Gasteiger partial charge in [-0.3, -0.25) is 0 Å². The van der Waals surface area contributed by atoms with E-state index < -0.39 is 5.97 Å². The minimum absolute atomic E-state index is 0.171. The smallest absolute Gasteiger partial charge is 0.337 e. The van der Waals surface area contributed by atoms with Crippen LogP contribution in [0, 0.1) is 6.92 Å². The zero-order chi connectivity index (χ0) is 14.4. The van der Waals surface area contributed by atoms with Crippen molar-refractivity contribution in [1.29, 1.82) is 0 Å². The third kappa shape index (κ3) is 3.71. The average Bonchev–Trinajstić information content (AvgIpc) is 2.41. The van der Waals surface area contributed by atoms with Gasteiger partial charge in [0.15, 0.2) is 0 Å². The summed E-state index contributed by atoms with van der Waals surface area (Å²) in [6.45, 7) is 6.98. The fourth-order valence-electron chi connectivity index (χ4n) is 1.71. The van der Waals surface area contributed by atoms with E-state index >= 15 is 0 Å². The second kappa shape index (κ2) is 6.78. The molecule has 0 aliphatic rings. The van der Waals surface area contributed by atoms with E-state index in [1.54, 1.807) is 23.1 Å². The maximum absolute atomic E-state index is 12.0. The van der Waals surface area contributed by atoms with Gasteiger partial charge < -0.3 is 15.0 Å². The molecule has 0 unspecified atom stereocenters. The van der Waals surface area contributed by atoms with Crippen molar-refractivity contribution in [3.8, 4) is 0 Å². The average molecular weight is 264 g/mol. The molecule has 0 radical (unpaired) electrons. The molecule has 0 fully saturated rings. The highest BCUT2D eigenvalue weighted by Gasteiger charge is 2.13. The lowest BCUT2D eigenvalue weighted by Crippen LogP contribution is -2.34. The Labute approximate surface area is 113 Å². The third-order valence-electron chi connectivity index (χ3n) is 2.95. The van der Waals surface area contributed by atoms with Crippen molar-refractivity contribution in [3.63, 3.8) is 0 Å². The minimum Gasteiger partial charge on any atom is -0.465 e. The van der Waals surface area contributed by atoms with Crippen LogP contribution in [0.4, 0.5) is 10.5 Å². The number of hydrogen-bond acceptors (Lipinski definition) is 3. The predicted octanol–water partition coefficient (Wildman–Crippen LogP) is 2.66. The Morgan fingerprint density at radius 2 is 1.89 bits per heavy atom. The third-order valence-corrected chi connectivity index (χ3v) is 2.95. The molecular weight excluding hydrogens is 244 g/mol. The number of aryl methyl sites for hydroxylation is 1. The van der Waals surface area contributed by atoms with Crippen LogP contribution in [-0.2, 0) is 4.74 Å². The molecule has 0 spiro atoms. The molecule has 0 aliphatic heterocycles. The van der Waals surface area contributed by atoms with E-state index in [1.165, 1.54) is 7.11 Å². The van der Waals surface area contributed by atoms with Gasteiger partial charge in [-0.1, -0.05) is 6.07 Å². The number of benzene rings is 1. The number of urea groups is 1. The van der Waals surface area contributed by atoms with Crippen LogP contribution < -0.4 is 5.32 Å². The molecule has 0 bridgehead atoms. The first-order valence-electron chi connectivity index (χ1n) is 6.28. The van der Waals surface area contributed by atoms with Crippen LogP contribution in [0.2, 0.25) is 0 Å². The van der Waals surface area contributed by atoms with Crippen LogP contribution >= 0.6 is 0 Å². The van der Waals surface area contributed by atoms with Gasteiger partial charge in [0, 0.05) is 18.8 Å². The van der Waals surface area contributed by atoms with Crippen molar-refractivity contribution in [1.82, 2.24) is 4.90 Å². The number of nitrogens with zero attached hydrogens (tertiary/aromatic N) is 1. The number of carbonyl (C=O) groups is 2. The van der Waals surface area contributed by atoms with Crippen LogP contribution in [0.25, 0.3) is 0 Å². The molecule has 104 valence electrons. The number of carbonyl (C=O) groups excluding carboxylic acids is 2. The van der Waals surface area contributed by atoms with Crippen LogP contribution in [0.5, 0.6) is 0 Å². The number of nitrogens with one attached hydrogen (secondary N) is 1. The molecule has 1 aromatic carbocycles. The van der Waals surface area contributed by atoms with Gasteiger partial charge in [0.1, 0.15) is 0 Å². The van der Waals surface area contributed by atoms with E-state index in [-0.39, 0.29) is 6.03 Å². The fraction of sp³-hybridized carbons (Fsp3) is 0.429. The Kier molecular flexibility index (Phi) is 5.36. The molecule has 1 rings (SSSR count). The summed E-state index contributed by atoms with van der Waals surface area (Å²) < 4.78 is 4.66. The molecule has 0 atom stereocenters. The summed E-state index contributed by atoms with van der Waals surface area (Å²) in [4.78, 5) is 25.1. The molecule has 0 aromatic heterocycles. The van der Waals surface area contributed by atoms with Gasteiger partial charge in [-0.05, 0) is 38.5 Å². The van der Waals surface area contributed by atoms with Gasteiger partial charge in [0.25, 0.3) is 0 Å². The predicted molar refractivity (Wildman–Crippen MR) is 74.5 cm³/mol. The van der Waals surface area contributed by atoms with Crippen LogP contribution in [0.1, 0.15) is 29.8 Å². The Balaban J connectivity index is 2.94. The molecule has 1 aromatic rings. The maximum Gasteiger partial charge on any atom is 0.337 e. The number of hydrogen-bond donors (Lipinski definition) is 1. The lowest BCUT2D eigenvalue weighted by molar-refractivity contribution is 0.0600. The lowest BCUT2D eigenvalue weighted by atomic mass is 10.1. The first-order chi connectivity index (χ1) is 9.03. The fourth-order valence-corrected chi connectivity index (χ4v) is 1.71. The monoisotopic (exact) mass is 264 g/mol. The van der Waals surface area contributed by atoms with Crippen LogP contribution in [-0.4, -0.2) is 37.1 Å². The highest BCUT2D eigenvalue weighted by Crippen LogP contribution is 2.18. The van der Waals surface area contributed by atoms with Crippen molar-refractivity contribution >= 4 is 17.7 Å². The summed E-state index contributed by atoms with van der Waals surface area (Å²) in [5.74, 6) is -0.418. The van der Waals surface area contributed by atoms with Gasteiger partial charge in [-0.25, -0.2) is 9.59 Å². The first kappa shape index (κ1) is 15.0. The van der Waals surface area contributed by atoms with Crippen molar-refractivity contribution < 1.29 is 14.3 Å². The molecule has 0 saturated heterocycles. The molecule has 5 nitrogen and oxygen atoms in total. The van der Waals surface area contributed by atoms with E-state index in [1.807, 2.05) is 20.8 Å². The first-order valence-corrected chi connectivity index (χ1v) is 6.28. The van der Waals surface area contributed by atoms with E-state index in [9.17, 15) is 9.59 Å². The van der Waals surface area contributed by atoms with Gasteiger partial charge in [-0.2, -0.15) is 0 Å². The van der Waals surface area contributed by atoms with Gasteiger partial charge in [-0.15, -0.1) is 0 Å². The minimum atomic E-state index is -0.418. The number of esters is 1. The van der Waals surface area contributed by atoms with Crippen LogP contribution in [0.3, 0.4) is 0 Å². The van der Waals surface area contributed by atoms with Gasteiger partial charge in [0.05, 0.1) is 12.7 Å². The number of methoxy groups -OCH3 is 1. The molecule has 0 aliphatic carbocycles. The number of ether oxygens (including phenoxy) is 1. The molecule has 1 N–H and O–H groups in total. The highest BCUT2D eigenvalue weighted by atomic mass is 16.5. The molecule has 19 heavy (non-hydrogen) atoms. The summed E-state index contributed by atoms with van der Waals surface area (Å²) in [5.41, 5.74) is 1.94. The molecule has 2 amide bonds. The largest absolute Gasteiger partial charge is 0.465 e. The van der Waals surface area contributed by atoms with Crippen molar-refractivity contribution in [2.75, 3.05) is 25.5 Å². The summed E-state index contributed by atoms with van der Waals surface area (Å²) in [6.07, 6.45) is 0. The van der Waals surface area contributed by atoms with E-state index in [2.05, 4.69) is 10.1 Å². The van der Waals surface area contributed by atoms with E-state index in [4.69, 9.17) is 0 Å². The Morgan fingerprint density at radius 3 is 2.42 bits per heavy atom. The second-order valence-corrected chi connectivity index (χ2v) is 4.12. The summed E-state index contributed by atoms with van der Waals surface area (Å²) in [5, 5.41) is 2.81. The number of amides is 2. The standard InChI is InChI=1S/C14H20N2O3/c1-5-16(6-2)14(18)15-12-9-11(13(17)19-4)8-7-10(12)3/h7-9H,5-6H2,1-4H3,(H,15,18). The van der Waals surface area contributed by atoms with Gasteiger partial charge in [0.2, 0.25) is 0 Å². The maximum atomic E-state index is 12.0. The zero-order valence-corrected chi connectivity index (χ0v) is 11.8. The van der Waals surface area contributed by atoms with Crippen molar-refractivity contribution in [3.05, 3.63) is 29.3 Å². The summed E-state index contributed by atoms with van der Waals surface area (Å²) in [7, 11) is 1.33. The normalized spacial score (nSPS) is 9.89. The lowest BCUT2D eigenvalue weighted by Gasteiger charge is -2.20. The quantitative estimate of drug-likeness (QED) is 0.850. The van der Waals surface area contributed by atoms with Crippen LogP contribution in [0.15, 0.2) is 18.2 Å². The Morgan fingerprint density at radius 1 is 1.26 bits per heavy atom. The molecule has 0 heterocycles. The van der Waals surface area contributed by atoms with E-state index in [0.717, 1.165) is 5.56 Å². The Hall–Kier alpha value is -2.04. The number of rotatable bonds is 4. The summed E-state index contributed by atoms with van der Waals surface area (Å²) in [6, 6.07) is 4.91. The highest BCUT2D eigenvalue weighted by molar-refractivity contribution is 5.94. The van der Waals surface area contributed by atoms with E-state index in [0.29, 0.717) is 24.3 Å². The zero-order valence-electron chi connectivity index (χ0n) is 11.8. The molecule has 5 heteroatoms. The number of anilines is 1. The van der Waals surface area contributed by atoms with Gasteiger partial charge >= 0.3 is 12.0 Å². The van der Waals surface area contributed by atoms with Crippen molar-refractivity contribution in [2.45, 2.75) is 20.8 Å². The molecule has 0 saturated carbocycles. The summed E-state index contributed by atoms with van der Waals surface area (Å²) >= 11 is 0. The Bertz CT molecular complexity index is 468. The van der Waals surface area contributed by atoms with Crippen molar-refractivity contribution in [2.24, 2.45) is 0 Å².